The van der Waals surface area contributed by atoms with Crippen LogP contribution in [0.4, 0.5) is 5.69 Å². The van der Waals surface area contributed by atoms with Crippen LogP contribution in [0.3, 0.4) is 0 Å². The second kappa shape index (κ2) is 7.57. The average Bonchev–Trinajstić information content (AvgIpc) is 3.18. The molecule has 1 N–H and O–H groups in total. The fourth-order valence-electron chi connectivity index (χ4n) is 4.16. The van der Waals surface area contributed by atoms with Crippen LogP contribution in [0.15, 0.2) is 54.7 Å². The van der Waals surface area contributed by atoms with Gasteiger partial charge in [0, 0.05) is 34.8 Å². The molecule has 4 rings (SSSR count). The highest BCUT2D eigenvalue weighted by molar-refractivity contribution is 7.80. The highest BCUT2D eigenvalue weighted by Crippen LogP contribution is 2.43. The number of nitrogens with one attached hydrogen (secondary N) is 1. The van der Waals surface area contributed by atoms with Gasteiger partial charge in [-0.3, -0.25) is 4.98 Å². The highest BCUT2D eigenvalue weighted by atomic mass is 35.5. The van der Waals surface area contributed by atoms with E-state index in [-0.39, 0.29) is 12.1 Å². The van der Waals surface area contributed by atoms with Gasteiger partial charge in [-0.25, -0.2) is 0 Å². The molecule has 28 heavy (non-hydrogen) atoms. The molecule has 2 atom stereocenters. The first-order chi connectivity index (χ1) is 13.5. The molecule has 1 saturated heterocycles. The molecule has 3 aromatic rings. The normalized spacial score (nSPS) is 19.1. The maximum Gasteiger partial charge on any atom is 0.174 e. The second-order valence-electron chi connectivity index (χ2n) is 7.04. The summed E-state index contributed by atoms with van der Waals surface area (Å²) in [6, 6.07) is 16.1. The van der Waals surface area contributed by atoms with Crippen molar-refractivity contribution in [2.75, 3.05) is 4.90 Å². The van der Waals surface area contributed by atoms with Crippen LogP contribution in [0, 0.1) is 13.8 Å². The van der Waals surface area contributed by atoms with Gasteiger partial charge in [0.15, 0.2) is 5.11 Å². The minimum atomic E-state index is -0.0322. The van der Waals surface area contributed by atoms with Gasteiger partial charge in [-0.1, -0.05) is 17.7 Å². The first kappa shape index (κ1) is 19.0. The summed E-state index contributed by atoms with van der Waals surface area (Å²) >= 11 is 11.9. The summed E-state index contributed by atoms with van der Waals surface area (Å²) in [5.41, 5.74) is 5.77. The van der Waals surface area contributed by atoms with Crippen molar-refractivity contribution in [2.24, 2.45) is 0 Å². The number of hydrogen-bond acceptors (Lipinski definition) is 2. The number of thiocarbonyl (C=S) groups is 1. The van der Waals surface area contributed by atoms with E-state index in [9.17, 15) is 0 Å². The zero-order valence-corrected chi connectivity index (χ0v) is 17.8. The Hall–Kier alpha value is -2.37. The Labute approximate surface area is 176 Å². The molecule has 1 fully saturated rings. The standard InChI is InChI=1S/C22H23ClN4S/c1-4-26-14(2)13-18(15(26)3)21-20(19-7-5-6-12-24-19)25-22(28)27(21)17-10-8-16(23)9-11-17/h5-13,20-21H,4H2,1-3H3,(H,25,28)/t20-,21-/m1/s1. The lowest BCUT2D eigenvalue weighted by Crippen LogP contribution is -2.29. The third-order valence-electron chi connectivity index (χ3n) is 5.45. The van der Waals surface area contributed by atoms with Gasteiger partial charge in [-0.2, -0.15) is 0 Å². The molecule has 2 aromatic heterocycles. The van der Waals surface area contributed by atoms with Crippen molar-refractivity contribution in [1.82, 2.24) is 14.9 Å². The Morgan fingerprint density at radius 2 is 1.89 bits per heavy atom. The van der Waals surface area contributed by atoms with E-state index in [0.29, 0.717) is 10.1 Å². The maximum absolute atomic E-state index is 6.12. The number of nitrogens with zero attached hydrogens (tertiary/aromatic N) is 3. The van der Waals surface area contributed by atoms with Crippen LogP contribution in [0.1, 0.15) is 41.7 Å². The summed E-state index contributed by atoms with van der Waals surface area (Å²) in [7, 11) is 0. The fraction of sp³-hybridized carbons (Fsp3) is 0.273. The van der Waals surface area contributed by atoms with Crippen LogP contribution in [0.2, 0.25) is 5.02 Å². The molecule has 1 aromatic carbocycles. The lowest BCUT2D eigenvalue weighted by atomic mass is 9.96. The molecular weight excluding hydrogens is 388 g/mol. The topological polar surface area (TPSA) is 33.1 Å². The fourth-order valence-corrected chi connectivity index (χ4v) is 4.64. The second-order valence-corrected chi connectivity index (χ2v) is 7.87. The van der Waals surface area contributed by atoms with E-state index < -0.39 is 0 Å². The molecule has 1 aliphatic rings. The van der Waals surface area contributed by atoms with Crippen molar-refractivity contribution >= 4 is 34.6 Å². The number of anilines is 1. The predicted octanol–water partition coefficient (Wildman–Crippen LogP) is 5.35. The van der Waals surface area contributed by atoms with Crippen LogP contribution in [-0.4, -0.2) is 14.7 Å². The zero-order valence-electron chi connectivity index (χ0n) is 16.2. The Balaban J connectivity index is 1.88. The lowest BCUT2D eigenvalue weighted by Gasteiger charge is -2.28. The third-order valence-corrected chi connectivity index (χ3v) is 6.02. The highest BCUT2D eigenvalue weighted by Gasteiger charge is 2.42. The number of halogens is 1. The molecule has 0 unspecified atom stereocenters. The average molecular weight is 411 g/mol. The van der Waals surface area contributed by atoms with Crippen molar-refractivity contribution in [3.8, 4) is 0 Å². The molecule has 0 spiro atoms. The SMILES string of the molecule is CCn1c(C)cc([C@@H]2[C@@H](c3ccccn3)NC(=S)N2c2ccc(Cl)cc2)c1C. The van der Waals surface area contributed by atoms with Gasteiger partial charge in [0.2, 0.25) is 0 Å². The molecular formula is C22H23ClN4S. The summed E-state index contributed by atoms with van der Waals surface area (Å²) in [6.45, 7) is 7.46. The van der Waals surface area contributed by atoms with E-state index >= 15 is 0 Å². The van der Waals surface area contributed by atoms with Gasteiger partial charge in [-0.05, 0) is 81.0 Å². The summed E-state index contributed by atoms with van der Waals surface area (Å²) in [5.74, 6) is 0. The number of pyridine rings is 1. The molecule has 0 bridgehead atoms. The maximum atomic E-state index is 6.12. The molecule has 1 aliphatic heterocycles. The number of aryl methyl sites for hydroxylation is 1. The van der Waals surface area contributed by atoms with E-state index in [0.717, 1.165) is 17.9 Å². The Bertz CT molecular complexity index is 997. The van der Waals surface area contributed by atoms with Crippen LogP contribution in [0.25, 0.3) is 0 Å². The minimum Gasteiger partial charge on any atom is -0.351 e. The first-order valence-corrected chi connectivity index (χ1v) is 10.2. The number of benzene rings is 1. The van der Waals surface area contributed by atoms with Crippen molar-refractivity contribution in [3.05, 3.63) is 82.4 Å². The number of hydrogen-bond donors (Lipinski definition) is 1. The van der Waals surface area contributed by atoms with Gasteiger partial charge < -0.3 is 14.8 Å². The lowest BCUT2D eigenvalue weighted by molar-refractivity contribution is 0.563. The molecule has 6 heteroatoms. The zero-order chi connectivity index (χ0) is 19.8. The molecule has 3 heterocycles. The van der Waals surface area contributed by atoms with Crippen molar-refractivity contribution < 1.29 is 0 Å². The smallest absolute Gasteiger partial charge is 0.174 e. The summed E-state index contributed by atoms with van der Waals surface area (Å²) in [6.07, 6.45) is 1.83. The van der Waals surface area contributed by atoms with Crippen molar-refractivity contribution in [2.45, 2.75) is 39.4 Å². The molecule has 0 saturated carbocycles. The van der Waals surface area contributed by atoms with E-state index in [4.69, 9.17) is 23.8 Å². The Morgan fingerprint density at radius 3 is 2.50 bits per heavy atom. The molecule has 0 aliphatic carbocycles. The Kier molecular flexibility index (Phi) is 5.13. The summed E-state index contributed by atoms with van der Waals surface area (Å²) in [4.78, 5) is 6.80. The van der Waals surface area contributed by atoms with Gasteiger partial charge in [0.1, 0.15) is 0 Å². The van der Waals surface area contributed by atoms with Crippen LogP contribution in [0.5, 0.6) is 0 Å². The molecule has 0 radical (unpaired) electrons. The number of aromatic nitrogens is 2. The first-order valence-electron chi connectivity index (χ1n) is 9.44. The number of rotatable bonds is 4. The van der Waals surface area contributed by atoms with Gasteiger partial charge >= 0.3 is 0 Å². The van der Waals surface area contributed by atoms with Crippen molar-refractivity contribution in [1.29, 1.82) is 0 Å². The van der Waals surface area contributed by atoms with Gasteiger partial charge in [0.25, 0.3) is 0 Å². The van der Waals surface area contributed by atoms with E-state index in [1.54, 1.807) is 0 Å². The van der Waals surface area contributed by atoms with Crippen LogP contribution in [-0.2, 0) is 6.54 Å². The quantitative estimate of drug-likeness (QED) is 0.587. The predicted molar refractivity (Wildman–Crippen MR) is 119 cm³/mol. The van der Waals surface area contributed by atoms with E-state index in [1.807, 2.05) is 42.6 Å². The van der Waals surface area contributed by atoms with Gasteiger partial charge in [0.05, 0.1) is 17.8 Å². The molecule has 0 amide bonds. The summed E-state index contributed by atoms with van der Waals surface area (Å²) < 4.78 is 2.34. The summed E-state index contributed by atoms with van der Waals surface area (Å²) in [5, 5.41) is 4.92. The van der Waals surface area contributed by atoms with Crippen LogP contribution >= 0.6 is 23.8 Å². The molecule has 144 valence electrons. The Morgan fingerprint density at radius 1 is 1.14 bits per heavy atom. The van der Waals surface area contributed by atoms with Gasteiger partial charge in [-0.15, -0.1) is 0 Å². The van der Waals surface area contributed by atoms with Crippen molar-refractivity contribution in [3.63, 3.8) is 0 Å². The van der Waals surface area contributed by atoms with E-state index in [1.165, 1.54) is 17.0 Å². The van der Waals surface area contributed by atoms with E-state index in [2.05, 4.69) is 52.7 Å². The monoisotopic (exact) mass is 410 g/mol. The molecule has 4 nitrogen and oxygen atoms in total. The minimum absolute atomic E-state index is 0.00933. The largest absolute Gasteiger partial charge is 0.351 e. The van der Waals surface area contributed by atoms with Crippen LogP contribution < -0.4 is 10.2 Å². The third kappa shape index (κ3) is 3.19.